The summed E-state index contributed by atoms with van der Waals surface area (Å²) in [5.41, 5.74) is 1.01. The molecule has 5 heteroatoms. The lowest BCUT2D eigenvalue weighted by molar-refractivity contribution is 0.0697. The maximum absolute atomic E-state index is 10.5. The molecule has 0 amide bonds. The number of rotatable bonds is 2. The minimum absolute atomic E-state index is 0.255. The van der Waals surface area contributed by atoms with Crippen LogP contribution in [0, 0.1) is 0 Å². The molecule has 0 aliphatic heterocycles. The Morgan fingerprint density at radius 1 is 1.36 bits per heavy atom. The van der Waals surface area contributed by atoms with Crippen LogP contribution in [0.1, 0.15) is 10.4 Å². The highest BCUT2D eigenvalue weighted by molar-refractivity contribution is 7.80. The molecule has 0 saturated heterocycles. The van der Waals surface area contributed by atoms with Gasteiger partial charge in [-0.25, -0.2) is 4.79 Å². The predicted octanol–water partition coefficient (Wildman–Crippen LogP) is 1.30. The zero-order chi connectivity index (χ0) is 10.6. The lowest BCUT2D eigenvalue weighted by Crippen LogP contribution is -2.24. The molecule has 0 aliphatic carbocycles. The summed E-state index contributed by atoms with van der Waals surface area (Å²) < 4.78 is 0. The van der Waals surface area contributed by atoms with Crippen LogP contribution in [0.2, 0.25) is 0 Å². The number of aromatic carboxylic acids is 1. The zero-order valence-corrected chi connectivity index (χ0v) is 8.39. The minimum atomic E-state index is -0.937. The van der Waals surface area contributed by atoms with Gasteiger partial charge in [-0.05, 0) is 36.5 Å². The molecule has 1 rings (SSSR count). The Labute approximate surface area is 86.9 Å². The number of hydrogen-bond acceptors (Lipinski definition) is 2. The van der Waals surface area contributed by atoms with E-state index in [-0.39, 0.29) is 5.56 Å². The van der Waals surface area contributed by atoms with Crippen molar-refractivity contribution in [3.63, 3.8) is 0 Å². The first-order valence-corrected chi connectivity index (χ1v) is 4.36. The summed E-state index contributed by atoms with van der Waals surface area (Å²) in [6.45, 7) is 0. The van der Waals surface area contributed by atoms with Gasteiger partial charge in [-0.15, -0.1) is 0 Å². The molecule has 0 spiro atoms. The van der Waals surface area contributed by atoms with E-state index >= 15 is 0 Å². The number of thiocarbonyl (C=S) groups is 1. The molecular formula is C9H10N2O2S. The normalized spacial score (nSPS) is 9.21. The molecule has 1 aromatic rings. The number of anilines is 1. The maximum atomic E-state index is 10.5. The monoisotopic (exact) mass is 210 g/mol. The Morgan fingerprint density at radius 2 is 1.93 bits per heavy atom. The van der Waals surface area contributed by atoms with E-state index in [9.17, 15) is 4.79 Å². The molecule has 14 heavy (non-hydrogen) atoms. The SMILES string of the molecule is CNC(=S)Nc1ccc(C(=O)O)cc1. The number of carboxylic acids is 1. The van der Waals surface area contributed by atoms with Crippen LogP contribution in [0.5, 0.6) is 0 Å². The first-order chi connectivity index (χ1) is 6.63. The standard InChI is InChI=1S/C9H10N2O2S/c1-10-9(14)11-7-4-2-6(3-5-7)8(12)13/h2-5H,1H3,(H,12,13)(H2,10,11,14). The Morgan fingerprint density at radius 3 is 2.36 bits per heavy atom. The summed E-state index contributed by atoms with van der Waals surface area (Å²) >= 11 is 4.88. The van der Waals surface area contributed by atoms with E-state index in [2.05, 4.69) is 10.6 Å². The fraction of sp³-hybridized carbons (Fsp3) is 0.111. The van der Waals surface area contributed by atoms with Crippen LogP contribution in [0.4, 0.5) is 5.69 Å². The second-order valence-electron chi connectivity index (χ2n) is 2.59. The van der Waals surface area contributed by atoms with E-state index in [0.717, 1.165) is 5.69 Å². The highest BCUT2D eigenvalue weighted by Crippen LogP contribution is 2.09. The van der Waals surface area contributed by atoms with Crippen molar-refractivity contribution in [1.29, 1.82) is 0 Å². The van der Waals surface area contributed by atoms with Crippen LogP contribution in [0.3, 0.4) is 0 Å². The zero-order valence-electron chi connectivity index (χ0n) is 7.57. The first kappa shape index (κ1) is 10.5. The molecule has 0 saturated carbocycles. The van der Waals surface area contributed by atoms with Crippen LogP contribution in [0.15, 0.2) is 24.3 Å². The van der Waals surface area contributed by atoms with Crippen molar-refractivity contribution >= 4 is 29.0 Å². The van der Waals surface area contributed by atoms with E-state index in [1.165, 1.54) is 12.1 Å². The van der Waals surface area contributed by atoms with Crippen LogP contribution in [-0.4, -0.2) is 23.2 Å². The first-order valence-electron chi connectivity index (χ1n) is 3.95. The van der Waals surface area contributed by atoms with Gasteiger partial charge in [0.05, 0.1) is 5.56 Å². The Hall–Kier alpha value is -1.62. The Bertz CT molecular complexity index is 348. The van der Waals surface area contributed by atoms with Gasteiger partial charge < -0.3 is 15.7 Å². The Balaban J connectivity index is 2.73. The van der Waals surface area contributed by atoms with Crippen LogP contribution in [0.25, 0.3) is 0 Å². The third-order valence-corrected chi connectivity index (χ3v) is 1.92. The molecule has 0 heterocycles. The van der Waals surface area contributed by atoms with Gasteiger partial charge in [-0.2, -0.15) is 0 Å². The molecule has 3 N–H and O–H groups in total. The summed E-state index contributed by atoms with van der Waals surface area (Å²) in [5, 5.41) is 14.8. The van der Waals surface area contributed by atoms with Gasteiger partial charge in [0.2, 0.25) is 0 Å². The second kappa shape index (κ2) is 4.57. The highest BCUT2D eigenvalue weighted by atomic mass is 32.1. The molecule has 4 nitrogen and oxygen atoms in total. The van der Waals surface area contributed by atoms with E-state index in [0.29, 0.717) is 5.11 Å². The molecule has 0 aromatic heterocycles. The number of carboxylic acid groups (broad SMARTS) is 1. The molecule has 1 aromatic carbocycles. The van der Waals surface area contributed by atoms with Crippen molar-refractivity contribution < 1.29 is 9.90 Å². The topological polar surface area (TPSA) is 61.4 Å². The largest absolute Gasteiger partial charge is 0.478 e. The molecule has 0 fully saturated rings. The van der Waals surface area contributed by atoms with Gasteiger partial charge in [0.15, 0.2) is 5.11 Å². The van der Waals surface area contributed by atoms with Crippen molar-refractivity contribution in [2.75, 3.05) is 12.4 Å². The van der Waals surface area contributed by atoms with E-state index in [1.54, 1.807) is 19.2 Å². The van der Waals surface area contributed by atoms with Crippen molar-refractivity contribution in [2.24, 2.45) is 0 Å². The minimum Gasteiger partial charge on any atom is -0.478 e. The molecule has 0 bridgehead atoms. The van der Waals surface area contributed by atoms with Crippen LogP contribution < -0.4 is 10.6 Å². The van der Waals surface area contributed by atoms with Gasteiger partial charge >= 0.3 is 5.97 Å². The fourth-order valence-electron chi connectivity index (χ4n) is 0.890. The molecule has 0 atom stereocenters. The van der Waals surface area contributed by atoms with Crippen molar-refractivity contribution in [3.8, 4) is 0 Å². The maximum Gasteiger partial charge on any atom is 0.335 e. The van der Waals surface area contributed by atoms with Crippen LogP contribution in [-0.2, 0) is 0 Å². The third-order valence-electron chi connectivity index (χ3n) is 1.62. The summed E-state index contributed by atoms with van der Waals surface area (Å²) in [4.78, 5) is 10.5. The van der Waals surface area contributed by atoms with Gasteiger partial charge in [0.1, 0.15) is 0 Å². The summed E-state index contributed by atoms with van der Waals surface area (Å²) in [6, 6.07) is 6.35. The number of carbonyl (C=O) groups is 1. The van der Waals surface area contributed by atoms with Gasteiger partial charge in [-0.1, -0.05) is 0 Å². The fourth-order valence-corrected chi connectivity index (χ4v) is 1.01. The lowest BCUT2D eigenvalue weighted by Gasteiger charge is -2.06. The van der Waals surface area contributed by atoms with E-state index in [1.807, 2.05) is 0 Å². The number of benzene rings is 1. The summed E-state index contributed by atoms with van der Waals surface area (Å²) in [7, 11) is 1.71. The second-order valence-corrected chi connectivity index (χ2v) is 2.99. The summed E-state index contributed by atoms with van der Waals surface area (Å²) in [6.07, 6.45) is 0. The number of nitrogens with one attached hydrogen (secondary N) is 2. The van der Waals surface area contributed by atoms with Crippen LogP contribution >= 0.6 is 12.2 Å². The van der Waals surface area contributed by atoms with Crippen molar-refractivity contribution in [2.45, 2.75) is 0 Å². The molecule has 0 aliphatic rings. The average molecular weight is 210 g/mol. The van der Waals surface area contributed by atoms with Crippen molar-refractivity contribution in [3.05, 3.63) is 29.8 Å². The van der Waals surface area contributed by atoms with Gasteiger partial charge in [0, 0.05) is 12.7 Å². The van der Waals surface area contributed by atoms with Gasteiger partial charge in [0.25, 0.3) is 0 Å². The van der Waals surface area contributed by atoms with Crippen molar-refractivity contribution in [1.82, 2.24) is 5.32 Å². The van der Waals surface area contributed by atoms with E-state index in [4.69, 9.17) is 17.3 Å². The predicted molar refractivity (Wildman–Crippen MR) is 58.7 cm³/mol. The quantitative estimate of drug-likeness (QED) is 0.642. The molecule has 0 radical (unpaired) electrons. The molecule has 74 valence electrons. The van der Waals surface area contributed by atoms with E-state index < -0.39 is 5.97 Å². The number of hydrogen-bond donors (Lipinski definition) is 3. The smallest absolute Gasteiger partial charge is 0.335 e. The molecule has 0 unspecified atom stereocenters. The average Bonchev–Trinajstić information content (AvgIpc) is 2.18. The van der Waals surface area contributed by atoms with Gasteiger partial charge in [-0.3, -0.25) is 0 Å². The lowest BCUT2D eigenvalue weighted by atomic mass is 10.2. The highest BCUT2D eigenvalue weighted by Gasteiger charge is 2.01. The Kier molecular flexibility index (Phi) is 3.41. The summed E-state index contributed by atoms with van der Waals surface area (Å²) in [5.74, 6) is -0.937. The third kappa shape index (κ3) is 2.70. The molecular weight excluding hydrogens is 200 g/mol.